The van der Waals surface area contributed by atoms with Crippen LogP contribution in [0.4, 0.5) is 0 Å². The summed E-state index contributed by atoms with van der Waals surface area (Å²) in [6.07, 6.45) is 2.32. The molecule has 1 aromatic carbocycles. The third kappa shape index (κ3) is 3.60. The minimum Gasteiger partial charge on any atom is -0.347 e. The van der Waals surface area contributed by atoms with Gasteiger partial charge < -0.3 is 9.88 Å². The van der Waals surface area contributed by atoms with E-state index in [1.54, 1.807) is 0 Å². The van der Waals surface area contributed by atoms with Gasteiger partial charge in [0.15, 0.2) is 0 Å². The van der Waals surface area contributed by atoms with Crippen molar-refractivity contribution in [3.63, 3.8) is 0 Å². The molecule has 104 valence electrons. The molecule has 0 radical (unpaired) electrons. The monoisotopic (exact) mass is 258 g/mol. The average Bonchev–Trinajstić information content (AvgIpc) is 2.67. The molecule has 0 aliphatic carbocycles. The molecule has 0 saturated heterocycles. The molecular formula is C17H26N2. The van der Waals surface area contributed by atoms with Crippen molar-refractivity contribution in [1.82, 2.24) is 9.88 Å². The third-order valence-corrected chi connectivity index (χ3v) is 3.30. The molecule has 0 unspecified atom stereocenters. The van der Waals surface area contributed by atoms with E-state index in [9.17, 15) is 0 Å². The normalized spacial score (nSPS) is 11.9. The molecule has 0 amide bonds. The van der Waals surface area contributed by atoms with E-state index in [2.05, 4.69) is 68.0 Å². The van der Waals surface area contributed by atoms with Crippen LogP contribution in [0.1, 0.15) is 33.3 Å². The lowest BCUT2D eigenvalue weighted by Gasteiger charge is -2.07. The Morgan fingerprint density at radius 3 is 2.47 bits per heavy atom. The van der Waals surface area contributed by atoms with E-state index in [0.29, 0.717) is 11.8 Å². The molecule has 0 bridgehead atoms. The van der Waals surface area contributed by atoms with Crippen LogP contribution in [-0.4, -0.2) is 11.1 Å². The van der Waals surface area contributed by atoms with E-state index in [0.717, 1.165) is 19.6 Å². The van der Waals surface area contributed by atoms with Crippen LogP contribution in [0.25, 0.3) is 10.9 Å². The molecule has 1 N–H and O–H groups in total. The number of nitrogens with one attached hydrogen (secondary N) is 1. The van der Waals surface area contributed by atoms with Crippen molar-refractivity contribution in [2.75, 3.05) is 6.54 Å². The molecule has 19 heavy (non-hydrogen) atoms. The minimum absolute atomic E-state index is 0.673. The maximum absolute atomic E-state index is 3.55. The number of nitrogens with zero attached hydrogens (tertiary/aromatic N) is 1. The topological polar surface area (TPSA) is 17.0 Å². The summed E-state index contributed by atoms with van der Waals surface area (Å²) in [4.78, 5) is 0. The summed E-state index contributed by atoms with van der Waals surface area (Å²) in [5.41, 5.74) is 2.77. The van der Waals surface area contributed by atoms with Crippen molar-refractivity contribution in [1.29, 1.82) is 0 Å². The van der Waals surface area contributed by atoms with Crippen molar-refractivity contribution in [3.05, 3.63) is 36.0 Å². The summed E-state index contributed by atoms with van der Waals surface area (Å²) in [7, 11) is 0. The van der Waals surface area contributed by atoms with Gasteiger partial charge in [-0.15, -0.1) is 0 Å². The van der Waals surface area contributed by atoms with Gasteiger partial charge in [0.25, 0.3) is 0 Å². The maximum atomic E-state index is 3.55. The third-order valence-electron chi connectivity index (χ3n) is 3.30. The van der Waals surface area contributed by atoms with E-state index in [-0.39, 0.29) is 0 Å². The van der Waals surface area contributed by atoms with Gasteiger partial charge in [-0.1, -0.05) is 45.9 Å². The van der Waals surface area contributed by atoms with Crippen LogP contribution in [0.3, 0.4) is 0 Å². The van der Waals surface area contributed by atoms with Gasteiger partial charge in [-0.2, -0.15) is 0 Å². The number of hydrogen-bond donors (Lipinski definition) is 1. The Morgan fingerprint density at radius 2 is 1.79 bits per heavy atom. The molecule has 2 rings (SSSR count). The van der Waals surface area contributed by atoms with Gasteiger partial charge >= 0.3 is 0 Å². The van der Waals surface area contributed by atoms with Crippen LogP contribution >= 0.6 is 0 Å². The van der Waals surface area contributed by atoms with Crippen LogP contribution in [0, 0.1) is 11.8 Å². The van der Waals surface area contributed by atoms with E-state index in [1.165, 1.54) is 16.5 Å². The van der Waals surface area contributed by atoms with Crippen molar-refractivity contribution < 1.29 is 0 Å². The van der Waals surface area contributed by atoms with Crippen molar-refractivity contribution in [2.24, 2.45) is 11.8 Å². The Balaban J connectivity index is 2.23. The SMILES string of the molecule is CC(C)CNCc1cn(CC(C)C)c2ccccc12. The van der Waals surface area contributed by atoms with Crippen LogP contribution in [0.5, 0.6) is 0 Å². The summed E-state index contributed by atoms with van der Waals surface area (Å²) < 4.78 is 2.40. The number of fused-ring (bicyclic) bond motifs is 1. The average molecular weight is 258 g/mol. The van der Waals surface area contributed by atoms with E-state index in [1.807, 2.05) is 0 Å². The largest absolute Gasteiger partial charge is 0.347 e. The van der Waals surface area contributed by atoms with Gasteiger partial charge in [-0.3, -0.25) is 0 Å². The molecule has 0 aliphatic rings. The van der Waals surface area contributed by atoms with Gasteiger partial charge in [0, 0.05) is 30.2 Å². The first kappa shape index (κ1) is 14.1. The molecule has 2 heteroatoms. The number of hydrogen-bond acceptors (Lipinski definition) is 1. The quantitative estimate of drug-likeness (QED) is 0.827. The molecule has 0 saturated carbocycles. The Morgan fingerprint density at radius 1 is 1.05 bits per heavy atom. The molecule has 2 nitrogen and oxygen atoms in total. The number of aromatic nitrogens is 1. The standard InChI is InChI=1S/C17H26N2/c1-13(2)9-18-10-15-12-19(11-14(3)4)17-8-6-5-7-16(15)17/h5-8,12-14,18H,9-11H2,1-4H3. The molecule has 2 aromatic rings. The van der Waals surface area contributed by atoms with E-state index < -0.39 is 0 Å². The predicted molar refractivity (Wildman–Crippen MR) is 83.3 cm³/mol. The second-order valence-corrected chi connectivity index (χ2v) is 6.24. The van der Waals surface area contributed by atoms with Crippen molar-refractivity contribution in [3.8, 4) is 0 Å². The van der Waals surface area contributed by atoms with Crippen LogP contribution < -0.4 is 5.32 Å². The fourth-order valence-electron chi connectivity index (χ4n) is 2.50. The summed E-state index contributed by atoms with van der Waals surface area (Å²) in [5, 5.41) is 4.93. The number of benzene rings is 1. The maximum Gasteiger partial charge on any atom is 0.0483 e. The predicted octanol–water partition coefficient (Wildman–Crippen LogP) is 4.04. The Hall–Kier alpha value is -1.28. The highest BCUT2D eigenvalue weighted by molar-refractivity contribution is 5.83. The molecule has 0 aliphatic heterocycles. The zero-order valence-electron chi connectivity index (χ0n) is 12.6. The van der Waals surface area contributed by atoms with Crippen LogP contribution in [0.2, 0.25) is 0 Å². The van der Waals surface area contributed by atoms with Crippen LogP contribution in [0.15, 0.2) is 30.5 Å². The Labute approximate surface area is 116 Å². The molecular weight excluding hydrogens is 232 g/mol. The Bertz CT molecular complexity index is 523. The lowest BCUT2D eigenvalue weighted by Crippen LogP contribution is -2.18. The van der Waals surface area contributed by atoms with Crippen LogP contribution in [-0.2, 0) is 13.1 Å². The Kier molecular flexibility index (Phi) is 4.65. The fourth-order valence-corrected chi connectivity index (χ4v) is 2.50. The highest BCUT2D eigenvalue weighted by Crippen LogP contribution is 2.22. The highest BCUT2D eigenvalue weighted by Gasteiger charge is 2.08. The lowest BCUT2D eigenvalue weighted by atomic mass is 10.1. The van der Waals surface area contributed by atoms with Gasteiger partial charge in [0.2, 0.25) is 0 Å². The molecule has 0 fully saturated rings. The van der Waals surface area contributed by atoms with Gasteiger partial charge in [0.1, 0.15) is 0 Å². The van der Waals surface area contributed by atoms with Gasteiger partial charge in [-0.25, -0.2) is 0 Å². The lowest BCUT2D eigenvalue weighted by molar-refractivity contribution is 0.530. The summed E-state index contributed by atoms with van der Waals surface area (Å²) in [6, 6.07) is 8.72. The van der Waals surface area contributed by atoms with Gasteiger partial charge in [0.05, 0.1) is 0 Å². The second kappa shape index (κ2) is 6.25. The molecule has 1 aromatic heterocycles. The highest BCUT2D eigenvalue weighted by atomic mass is 15.0. The molecule has 0 spiro atoms. The molecule has 0 atom stereocenters. The summed E-state index contributed by atoms with van der Waals surface area (Å²) in [6.45, 7) is 12.2. The fraction of sp³-hybridized carbons (Fsp3) is 0.529. The first-order valence-corrected chi connectivity index (χ1v) is 7.35. The smallest absolute Gasteiger partial charge is 0.0483 e. The van der Waals surface area contributed by atoms with Crippen molar-refractivity contribution in [2.45, 2.75) is 40.8 Å². The van der Waals surface area contributed by atoms with Crippen molar-refractivity contribution >= 4 is 10.9 Å². The first-order chi connectivity index (χ1) is 9.08. The van der Waals surface area contributed by atoms with Gasteiger partial charge in [-0.05, 0) is 30.0 Å². The summed E-state index contributed by atoms with van der Waals surface area (Å²) >= 11 is 0. The zero-order chi connectivity index (χ0) is 13.8. The van der Waals surface area contributed by atoms with E-state index in [4.69, 9.17) is 0 Å². The number of para-hydroxylation sites is 1. The molecule has 1 heterocycles. The number of rotatable bonds is 6. The first-order valence-electron chi connectivity index (χ1n) is 7.35. The summed E-state index contributed by atoms with van der Waals surface area (Å²) in [5.74, 6) is 1.37. The second-order valence-electron chi connectivity index (χ2n) is 6.24. The van der Waals surface area contributed by atoms with E-state index >= 15 is 0 Å². The zero-order valence-corrected chi connectivity index (χ0v) is 12.6. The minimum atomic E-state index is 0.673.